The first-order valence-electron chi connectivity index (χ1n) is 8.01. The summed E-state index contributed by atoms with van der Waals surface area (Å²) >= 11 is 0. The van der Waals surface area contributed by atoms with Gasteiger partial charge in [-0.1, -0.05) is 54.6 Å². The fourth-order valence-electron chi connectivity index (χ4n) is 2.51. The van der Waals surface area contributed by atoms with Crippen molar-refractivity contribution in [1.29, 1.82) is 0 Å². The molecule has 25 heavy (non-hydrogen) atoms. The van der Waals surface area contributed by atoms with Gasteiger partial charge in [-0.2, -0.15) is 0 Å². The molecule has 0 saturated carbocycles. The molecule has 0 saturated heterocycles. The maximum Gasteiger partial charge on any atom is 0.325 e. The lowest BCUT2D eigenvalue weighted by Gasteiger charge is -2.08. The van der Waals surface area contributed by atoms with Crippen LogP contribution in [0.3, 0.4) is 0 Å². The predicted octanol–water partition coefficient (Wildman–Crippen LogP) is 2.64. The summed E-state index contributed by atoms with van der Waals surface area (Å²) < 4.78 is 5.13. The van der Waals surface area contributed by atoms with Gasteiger partial charge in [-0.25, -0.2) is 0 Å². The molecule has 5 nitrogen and oxygen atoms in total. The highest BCUT2D eigenvalue weighted by molar-refractivity contribution is 5.89. The number of nitrogens with one attached hydrogen (secondary N) is 1. The number of hydrogen-bond acceptors (Lipinski definition) is 4. The standard InChI is InChI=1S/C20H18N2O3/c23-18(12-17-9-4-8-16-10-5-11-21-20(16)17)22-13-19(24)25-14-15-6-2-1-3-7-15/h1-11H,12-14H2,(H,22,23). The van der Waals surface area contributed by atoms with Crippen LogP contribution < -0.4 is 5.32 Å². The van der Waals surface area contributed by atoms with Crippen LogP contribution in [0.4, 0.5) is 0 Å². The third-order valence-corrected chi connectivity index (χ3v) is 3.74. The molecule has 0 aliphatic rings. The van der Waals surface area contributed by atoms with Crippen molar-refractivity contribution in [3.63, 3.8) is 0 Å². The van der Waals surface area contributed by atoms with Crippen molar-refractivity contribution in [2.45, 2.75) is 13.0 Å². The number of amides is 1. The van der Waals surface area contributed by atoms with Crippen molar-refractivity contribution >= 4 is 22.8 Å². The third-order valence-electron chi connectivity index (χ3n) is 3.74. The molecular weight excluding hydrogens is 316 g/mol. The van der Waals surface area contributed by atoms with Gasteiger partial charge in [0, 0.05) is 11.6 Å². The summed E-state index contributed by atoms with van der Waals surface area (Å²) in [5, 5.41) is 3.57. The molecule has 126 valence electrons. The highest BCUT2D eigenvalue weighted by Crippen LogP contribution is 2.16. The second kappa shape index (κ2) is 8.06. The minimum atomic E-state index is -0.465. The molecule has 5 heteroatoms. The summed E-state index contributed by atoms with van der Waals surface area (Å²) in [4.78, 5) is 28.1. The van der Waals surface area contributed by atoms with Gasteiger partial charge in [0.15, 0.2) is 0 Å². The molecule has 0 aliphatic carbocycles. The number of pyridine rings is 1. The second-order valence-corrected chi connectivity index (χ2v) is 5.59. The third kappa shape index (κ3) is 4.64. The van der Waals surface area contributed by atoms with Gasteiger partial charge in [0.05, 0.1) is 11.9 Å². The van der Waals surface area contributed by atoms with E-state index in [1.807, 2.05) is 60.7 Å². The summed E-state index contributed by atoms with van der Waals surface area (Å²) in [7, 11) is 0. The van der Waals surface area contributed by atoms with E-state index in [1.165, 1.54) is 0 Å². The van der Waals surface area contributed by atoms with Crippen molar-refractivity contribution in [2.24, 2.45) is 0 Å². The van der Waals surface area contributed by atoms with Gasteiger partial charge in [-0.15, -0.1) is 0 Å². The van der Waals surface area contributed by atoms with Crippen LogP contribution in [0.5, 0.6) is 0 Å². The van der Waals surface area contributed by atoms with Gasteiger partial charge < -0.3 is 10.1 Å². The van der Waals surface area contributed by atoms with Crippen LogP contribution in [-0.2, 0) is 27.4 Å². The highest BCUT2D eigenvalue weighted by atomic mass is 16.5. The van der Waals surface area contributed by atoms with Gasteiger partial charge in [0.2, 0.25) is 5.91 Å². The zero-order chi connectivity index (χ0) is 17.5. The van der Waals surface area contributed by atoms with Crippen molar-refractivity contribution in [3.8, 4) is 0 Å². The molecule has 0 fully saturated rings. The first-order chi connectivity index (χ1) is 12.2. The Morgan fingerprint density at radius 3 is 2.60 bits per heavy atom. The largest absolute Gasteiger partial charge is 0.460 e. The number of para-hydroxylation sites is 1. The first-order valence-corrected chi connectivity index (χ1v) is 8.01. The SMILES string of the molecule is O=C(Cc1cccc2cccnc12)NCC(=O)OCc1ccccc1. The summed E-state index contributed by atoms with van der Waals surface area (Å²) in [6, 6.07) is 18.9. The lowest BCUT2D eigenvalue weighted by molar-refractivity contribution is -0.145. The van der Waals surface area contributed by atoms with Crippen LogP contribution in [0.15, 0.2) is 66.9 Å². The van der Waals surface area contributed by atoms with E-state index in [1.54, 1.807) is 6.20 Å². The number of carbonyl (C=O) groups is 2. The smallest absolute Gasteiger partial charge is 0.325 e. The zero-order valence-electron chi connectivity index (χ0n) is 13.6. The Morgan fingerprint density at radius 1 is 0.960 bits per heavy atom. The maximum absolute atomic E-state index is 12.1. The maximum atomic E-state index is 12.1. The summed E-state index contributed by atoms with van der Waals surface area (Å²) in [6.07, 6.45) is 1.87. The van der Waals surface area contributed by atoms with E-state index in [-0.39, 0.29) is 25.5 Å². The number of esters is 1. The van der Waals surface area contributed by atoms with Crippen LogP contribution in [-0.4, -0.2) is 23.4 Å². The highest BCUT2D eigenvalue weighted by Gasteiger charge is 2.10. The van der Waals surface area contributed by atoms with E-state index in [4.69, 9.17) is 4.74 Å². The Balaban J connectivity index is 1.50. The summed E-state index contributed by atoms with van der Waals surface area (Å²) in [6.45, 7) is 0.0483. The van der Waals surface area contributed by atoms with Crippen LogP contribution in [0.1, 0.15) is 11.1 Å². The molecule has 1 heterocycles. The number of rotatable bonds is 6. The molecule has 1 amide bonds. The van der Waals surface area contributed by atoms with E-state index in [2.05, 4.69) is 10.3 Å². The number of hydrogen-bond donors (Lipinski definition) is 1. The minimum Gasteiger partial charge on any atom is -0.460 e. The van der Waals surface area contributed by atoms with Crippen molar-refractivity contribution in [3.05, 3.63) is 78.0 Å². The van der Waals surface area contributed by atoms with Crippen LogP contribution in [0, 0.1) is 0 Å². The fraction of sp³-hybridized carbons (Fsp3) is 0.150. The predicted molar refractivity (Wildman–Crippen MR) is 94.7 cm³/mol. The quantitative estimate of drug-likeness (QED) is 0.704. The van der Waals surface area contributed by atoms with E-state index in [0.29, 0.717) is 0 Å². The molecule has 3 rings (SSSR count). The van der Waals surface area contributed by atoms with E-state index >= 15 is 0 Å². The molecule has 0 aliphatic heterocycles. The average molecular weight is 334 g/mol. The Hall–Kier alpha value is -3.21. The number of ether oxygens (including phenoxy) is 1. The first kappa shape index (κ1) is 16.6. The number of nitrogens with zero attached hydrogens (tertiary/aromatic N) is 1. The Bertz CT molecular complexity index is 873. The molecule has 0 unspecified atom stereocenters. The molecule has 2 aromatic carbocycles. The monoisotopic (exact) mass is 334 g/mol. The van der Waals surface area contributed by atoms with Gasteiger partial charge in [0.25, 0.3) is 0 Å². The zero-order valence-corrected chi connectivity index (χ0v) is 13.6. The molecule has 0 bridgehead atoms. The Labute approximate surface area is 145 Å². The average Bonchev–Trinajstić information content (AvgIpc) is 2.66. The van der Waals surface area contributed by atoms with Gasteiger partial charge in [-0.3, -0.25) is 14.6 Å². The van der Waals surface area contributed by atoms with Crippen molar-refractivity contribution in [2.75, 3.05) is 6.54 Å². The number of benzene rings is 2. The topological polar surface area (TPSA) is 68.3 Å². The molecule has 1 aromatic heterocycles. The molecule has 0 atom stereocenters. The molecule has 0 radical (unpaired) electrons. The Kier molecular flexibility index (Phi) is 5.36. The Morgan fingerprint density at radius 2 is 1.76 bits per heavy atom. The van der Waals surface area contributed by atoms with E-state index in [9.17, 15) is 9.59 Å². The fourth-order valence-corrected chi connectivity index (χ4v) is 2.51. The van der Waals surface area contributed by atoms with Crippen LogP contribution in [0.25, 0.3) is 10.9 Å². The van der Waals surface area contributed by atoms with Gasteiger partial charge in [-0.05, 0) is 17.2 Å². The van der Waals surface area contributed by atoms with Gasteiger partial charge >= 0.3 is 5.97 Å². The van der Waals surface area contributed by atoms with Crippen LogP contribution >= 0.6 is 0 Å². The molecule has 0 spiro atoms. The van der Waals surface area contributed by atoms with Crippen molar-refractivity contribution in [1.82, 2.24) is 10.3 Å². The summed E-state index contributed by atoms with van der Waals surface area (Å²) in [5.41, 5.74) is 2.53. The number of aromatic nitrogens is 1. The molecule has 1 N–H and O–H groups in total. The molecule has 3 aromatic rings. The second-order valence-electron chi connectivity index (χ2n) is 5.59. The van der Waals surface area contributed by atoms with E-state index in [0.717, 1.165) is 22.0 Å². The normalized spacial score (nSPS) is 10.4. The van der Waals surface area contributed by atoms with Crippen LogP contribution in [0.2, 0.25) is 0 Å². The van der Waals surface area contributed by atoms with Gasteiger partial charge in [0.1, 0.15) is 13.2 Å². The number of fused-ring (bicyclic) bond motifs is 1. The van der Waals surface area contributed by atoms with E-state index < -0.39 is 5.97 Å². The lowest BCUT2D eigenvalue weighted by atomic mass is 10.1. The summed E-state index contributed by atoms with van der Waals surface area (Å²) in [5.74, 6) is -0.705. The minimum absolute atomic E-state index is 0.149. The van der Waals surface area contributed by atoms with Crippen molar-refractivity contribution < 1.29 is 14.3 Å². The lowest BCUT2D eigenvalue weighted by Crippen LogP contribution is -2.31. The molecular formula is C20H18N2O3. The number of carbonyl (C=O) groups excluding carboxylic acids is 2.